The highest BCUT2D eigenvalue weighted by atomic mass is 15.1. The summed E-state index contributed by atoms with van der Waals surface area (Å²) in [6, 6.07) is 0. The number of rotatable bonds is 1. The minimum absolute atomic E-state index is 0.465. The van der Waals surface area contributed by atoms with E-state index >= 15 is 0 Å². The normalized spacial score (nSPS) is 28.6. The maximum Gasteiger partial charge on any atom is 0.182 e. The van der Waals surface area contributed by atoms with Gasteiger partial charge in [0.2, 0.25) is 0 Å². The van der Waals surface area contributed by atoms with Crippen molar-refractivity contribution in [3.05, 3.63) is 11.8 Å². The zero-order valence-electron chi connectivity index (χ0n) is 12.8. The van der Waals surface area contributed by atoms with Crippen molar-refractivity contribution in [3.63, 3.8) is 0 Å². The quantitative estimate of drug-likeness (QED) is 0.691. The molecule has 2 saturated heterocycles. The number of nitrogens with one attached hydrogen (secondary N) is 1. The van der Waals surface area contributed by atoms with Gasteiger partial charge < -0.3 is 4.90 Å². The Hall–Kier alpha value is -0.630. The summed E-state index contributed by atoms with van der Waals surface area (Å²) in [4.78, 5) is 1.79. The lowest BCUT2D eigenvalue weighted by Crippen LogP contribution is -3.11. The highest BCUT2D eigenvalue weighted by Crippen LogP contribution is 2.32. The van der Waals surface area contributed by atoms with Crippen LogP contribution in [0.3, 0.4) is 0 Å². The Balaban J connectivity index is 1.86. The maximum atomic E-state index is 2.66. The first-order valence-corrected chi connectivity index (χ1v) is 8.30. The summed E-state index contributed by atoms with van der Waals surface area (Å²) >= 11 is 0. The number of piperidine rings is 1. The minimum Gasteiger partial charge on any atom is -0.306 e. The number of hydrogen-bond donors (Lipinski definition) is 1. The molecule has 1 N–H and O–H groups in total. The highest BCUT2D eigenvalue weighted by Gasteiger charge is 2.36. The van der Waals surface area contributed by atoms with Gasteiger partial charge in [-0.15, -0.1) is 0 Å². The predicted molar refractivity (Wildman–Crippen MR) is 79.9 cm³/mol. The first-order chi connectivity index (χ1) is 9.14. The largest absolute Gasteiger partial charge is 0.306 e. The molecule has 0 atom stereocenters. The van der Waals surface area contributed by atoms with Crippen molar-refractivity contribution in [1.82, 2.24) is 0 Å². The van der Waals surface area contributed by atoms with Crippen LogP contribution in [0.2, 0.25) is 0 Å². The molecule has 0 saturated carbocycles. The van der Waals surface area contributed by atoms with E-state index in [1.807, 2.05) is 0 Å². The van der Waals surface area contributed by atoms with Crippen LogP contribution in [0.25, 0.3) is 0 Å². The van der Waals surface area contributed by atoms with Gasteiger partial charge in [-0.3, -0.25) is 0 Å². The Labute approximate surface area is 118 Å². The second-order valence-corrected chi connectivity index (χ2v) is 7.54. The van der Waals surface area contributed by atoms with E-state index in [1.54, 1.807) is 16.3 Å². The summed E-state index contributed by atoms with van der Waals surface area (Å²) in [5, 5.41) is 0. The second kappa shape index (κ2) is 5.40. The Morgan fingerprint density at radius 2 is 1.63 bits per heavy atom. The summed E-state index contributed by atoms with van der Waals surface area (Å²) in [6.07, 6.45) is 12.2. The van der Waals surface area contributed by atoms with Crippen LogP contribution in [-0.2, 0) is 0 Å². The van der Waals surface area contributed by atoms with E-state index in [4.69, 9.17) is 0 Å². The Morgan fingerprint density at radius 3 is 2.32 bits per heavy atom. The van der Waals surface area contributed by atoms with Crippen molar-refractivity contribution >= 4 is 5.71 Å². The van der Waals surface area contributed by atoms with E-state index in [2.05, 4.69) is 24.5 Å². The number of likely N-dealkylation sites (tertiary alicyclic amines) is 1. The molecule has 0 bridgehead atoms. The first kappa shape index (κ1) is 13.4. The summed E-state index contributed by atoms with van der Waals surface area (Å²) in [6.45, 7) is 10.2. The topological polar surface area (TPSA) is 7.45 Å². The van der Waals surface area contributed by atoms with E-state index in [1.165, 1.54) is 71.1 Å². The second-order valence-electron chi connectivity index (χ2n) is 7.54. The molecule has 2 aliphatic heterocycles. The maximum absolute atomic E-state index is 2.66. The molecule has 0 aromatic heterocycles. The third kappa shape index (κ3) is 3.10. The summed E-state index contributed by atoms with van der Waals surface area (Å²) in [7, 11) is 0. The van der Waals surface area contributed by atoms with E-state index in [9.17, 15) is 0 Å². The van der Waals surface area contributed by atoms with E-state index in [0.29, 0.717) is 5.41 Å². The van der Waals surface area contributed by atoms with Gasteiger partial charge in [0.1, 0.15) is 18.8 Å². The molecule has 0 radical (unpaired) electrons. The molecule has 2 heterocycles. The Bertz CT molecular complexity index is 389. The molecule has 1 aliphatic carbocycles. The zero-order valence-corrected chi connectivity index (χ0v) is 12.8. The molecule has 0 unspecified atom stereocenters. The number of nitrogens with zero attached hydrogens (tertiary/aromatic N) is 1. The van der Waals surface area contributed by atoms with Gasteiger partial charge >= 0.3 is 0 Å². The molecular weight excluding hydrogens is 232 g/mol. The lowest BCUT2D eigenvalue weighted by Gasteiger charge is -2.33. The van der Waals surface area contributed by atoms with Crippen LogP contribution >= 0.6 is 0 Å². The van der Waals surface area contributed by atoms with Gasteiger partial charge in [0, 0.05) is 25.7 Å². The fraction of sp³-hybridized carbons (Fsp3) is 0.824. The van der Waals surface area contributed by atoms with Crippen LogP contribution in [0.15, 0.2) is 11.8 Å². The fourth-order valence-electron chi connectivity index (χ4n) is 4.11. The van der Waals surface area contributed by atoms with Crippen molar-refractivity contribution in [1.29, 1.82) is 0 Å². The van der Waals surface area contributed by atoms with E-state index in [0.717, 1.165) is 0 Å². The van der Waals surface area contributed by atoms with Crippen LogP contribution in [-0.4, -0.2) is 36.5 Å². The van der Waals surface area contributed by atoms with Gasteiger partial charge in [0.15, 0.2) is 5.71 Å². The lowest BCUT2D eigenvalue weighted by molar-refractivity contribution is -0.868. The van der Waals surface area contributed by atoms with E-state index < -0.39 is 0 Å². The molecule has 0 aromatic rings. The highest BCUT2D eigenvalue weighted by molar-refractivity contribution is 5.92. The van der Waals surface area contributed by atoms with Gasteiger partial charge in [-0.25, -0.2) is 4.58 Å². The molecule has 0 spiro atoms. The molecule has 19 heavy (non-hydrogen) atoms. The van der Waals surface area contributed by atoms with Crippen LogP contribution in [0, 0.1) is 5.41 Å². The van der Waals surface area contributed by atoms with Crippen LogP contribution in [0.1, 0.15) is 58.8 Å². The molecule has 2 fully saturated rings. The standard InChI is InChI=1S/C17H29N2/c1-17(2)13-15(18-8-4-3-5-9-18)12-16(14-17)19-10-6-7-11-19/h12H,3-11,13-14H2,1-2H3/q+1/p+1. The van der Waals surface area contributed by atoms with Gasteiger partial charge in [-0.2, -0.15) is 0 Å². The van der Waals surface area contributed by atoms with Crippen molar-refractivity contribution in [3.8, 4) is 0 Å². The Kier molecular flexibility index (Phi) is 3.79. The fourth-order valence-corrected chi connectivity index (χ4v) is 4.11. The van der Waals surface area contributed by atoms with Crippen LogP contribution in [0.5, 0.6) is 0 Å². The molecular formula is C17H30N2+2. The summed E-state index contributed by atoms with van der Waals surface area (Å²) in [5.41, 5.74) is 3.81. The van der Waals surface area contributed by atoms with E-state index in [-0.39, 0.29) is 0 Å². The van der Waals surface area contributed by atoms with Gasteiger partial charge in [0.25, 0.3) is 0 Å². The third-order valence-corrected chi connectivity index (χ3v) is 5.09. The lowest BCUT2D eigenvalue weighted by atomic mass is 9.77. The molecule has 0 aromatic carbocycles. The van der Waals surface area contributed by atoms with Gasteiger partial charge in [-0.1, -0.05) is 13.8 Å². The SMILES string of the molecule is CC1(C)CC([NH+]2CCCCC2)=CC(=[N+]2CCCC2)C1. The summed E-state index contributed by atoms with van der Waals surface area (Å²) in [5.74, 6) is 0. The van der Waals surface area contributed by atoms with Crippen molar-refractivity contribution in [2.24, 2.45) is 5.41 Å². The number of quaternary nitrogens is 1. The van der Waals surface area contributed by atoms with Crippen molar-refractivity contribution in [2.45, 2.75) is 58.8 Å². The number of hydrogen-bond acceptors (Lipinski definition) is 0. The van der Waals surface area contributed by atoms with Crippen LogP contribution < -0.4 is 4.90 Å². The summed E-state index contributed by atoms with van der Waals surface area (Å²) < 4.78 is 2.66. The average molecular weight is 262 g/mol. The van der Waals surface area contributed by atoms with Crippen molar-refractivity contribution < 1.29 is 9.48 Å². The first-order valence-electron chi connectivity index (χ1n) is 8.30. The minimum atomic E-state index is 0.465. The molecule has 3 aliphatic rings. The predicted octanol–water partition coefficient (Wildman–Crippen LogP) is 2.01. The Morgan fingerprint density at radius 1 is 0.947 bits per heavy atom. The monoisotopic (exact) mass is 262 g/mol. The van der Waals surface area contributed by atoms with Gasteiger partial charge in [-0.05, 0) is 24.7 Å². The van der Waals surface area contributed by atoms with Crippen molar-refractivity contribution in [2.75, 3.05) is 26.2 Å². The molecule has 2 heteroatoms. The average Bonchev–Trinajstić information content (AvgIpc) is 2.92. The molecule has 2 nitrogen and oxygen atoms in total. The molecule has 0 amide bonds. The zero-order chi connectivity index (χ0) is 13.3. The smallest absolute Gasteiger partial charge is 0.182 e. The molecule has 3 rings (SSSR count). The van der Waals surface area contributed by atoms with Crippen LogP contribution in [0.4, 0.5) is 0 Å². The third-order valence-electron chi connectivity index (χ3n) is 5.09. The number of allylic oxidation sites excluding steroid dienone is 2. The molecule has 106 valence electrons. The van der Waals surface area contributed by atoms with Gasteiger partial charge in [0.05, 0.1) is 19.2 Å².